The van der Waals surface area contributed by atoms with E-state index in [-0.39, 0.29) is 17.3 Å². The summed E-state index contributed by atoms with van der Waals surface area (Å²) >= 11 is 1.43. The fourth-order valence-corrected chi connectivity index (χ4v) is 3.39. The number of hydrogen-bond acceptors (Lipinski definition) is 6. The zero-order valence-corrected chi connectivity index (χ0v) is 11.8. The van der Waals surface area contributed by atoms with Gasteiger partial charge in [-0.25, -0.2) is 13.1 Å². The monoisotopic (exact) mass is 302 g/mol. The Balaban J connectivity index is 2.08. The van der Waals surface area contributed by atoms with Gasteiger partial charge in [-0.3, -0.25) is 4.68 Å². The van der Waals surface area contributed by atoms with Gasteiger partial charge in [0.1, 0.15) is 4.90 Å². The molecule has 19 heavy (non-hydrogen) atoms. The summed E-state index contributed by atoms with van der Waals surface area (Å²) < 4.78 is 27.6. The SMILES string of the molecule is Cn1cc(S(=O)(=O)NCC(O)c2ccsc2)c(N)n1. The average Bonchev–Trinajstić information content (AvgIpc) is 2.96. The molecule has 0 fully saturated rings. The minimum absolute atomic E-state index is 0.0694. The zero-order chi connectivity index (χ0) is 14.0. The highest BCUT2D eigenvalue weighted by molar-refractivity contribution is 7.89. The molecular weight excluding hydrogens is 288 g/mol. The van der Waals surface area contributed by atoms with E-state index in [1.54, 1.807) is 18.5 Å². The number of aromatic nitrogens is 2. The van der Waals surface area contributed by atoms with Crippen molar-refractivity contribution in [3.05, 3.63) is 28.6 Å². The van der Waals surface area contributed by atoms with Gasteiger partial charge in [0.2, 0.25) is 10.0 Å². The van der Waals surface area contributed by atoms with Crippen LogP contribution < -0.4 is 10.5 Å². The number of nitrogens with one attached hydrogen (secondary N) is 1. The van der Waals surface area contributed by atoms with Crippen LogP contribution in [0.5, 0.6) is 0 Å². The lowest BCUT2D eigenvalue weighted by Gasteiger charge is -2.10. The number of sulfonamides is 1. The molecule has 0 aliphatic rings. The standard InChI is InChI=1S/C10H14N4O3S2/c1-14-5-9(10(11)13-14)19(16,17)12-4-8(15)7-2-3-18-6-7/h2-3,5-6,8,12,15H,4H2,1H3,(H2,11,13). The number of aliphatic hydroxyl groups excluding tert-OH is 1. The Kier molecular flexibility index (Phi) is 3.90. The third-order valence-corrected chi connectivity index (χ3v) is 4.65. The van der Waals surface area contributed by atoms with E-state index in [4.69, 9.17) is 5.73 Å². The van der Waals surface area contributed by atoms with E-state index in [1.165, 1.54) is 22.2 Å². The van der Waals surface area contributed by atoms with Crippen molar-refractivity contribution in [3.8, 4) is 0 Å². The molecule has 1 unspecified atom stereocenters. The van der Waals surface area contributed by atoms with Crippen LogP contribution in [0.25, 0.3) is 0 Å². The highest BCUT2D eigenvalue weighted by Crippen LogP contribution is 2.18. The Morgan fingerprint density at radius 3 is 2.89 bits per heavy atom. The smallest absolute Gasteiger partial charge is 0.245 e. The van der Waals surface area contributed by atoms with Gasteiger partial charge in [0.15, 0.2) is 5.82 Å². The Labute approximate surface area is 114 Å². The van der Waals surface area contributed by atoms with Crippen molar-refractivity contribution >= 4 is 27.2 Å². The lowest BCUT2D eigenvalue weighted by molar-refractivity contribution is 0.182. The first-order chi connectivity index (χ1) is 8.90. The summed E-state index contributed by atoms with van der Waals surface area (Å²) in [5.74, 6) is -0.0694. The molecule has 2 aromatic rings. The summed E-state index contributed by atoms with van der Waals surface area (Å²) in [6, 6.07) is 1.74. The maximum atomic E-state index is 12.0. The van der Waals surface area contributed by atoms with Crippen LogP contribution in [0.2, 0.25) is 0 Å². The summed E-state index contributed by atoms with van der Waals surface area (Å²) in [7, 11) is -2.19. The molecule has 7 nitrogen and oxygen atoms in total. The number of thiophene rings is 1. The molecule has 2 rings (SSSR count). The fraction of sp³-hybridized carbons (Fsp3) is 0.300. The van der Waals surface area contributed by atoms with Crippen LogP contribution >= 0.6 is 11.3 Å². The first-order valence-corrected chi connectivity index (χ1v) is 7.81. The Morgan fingerprint density at radius 1 is 1.63 bits per heavy atom. The van der Waals surface area contributed by atoms with E-state index in [9.17, 15) is 13.5 Å². The van der Waals surface area contributed by atoms with E-state index in [0.717, 1.165) is 0 Å². The van der Waals surface area contributed by atoms with Crippen LogP contribution in [0, 0.1) is 0 Å². The van der Waals surface area contributed by atoms with Crippen LogP contribution in [-0.4, -0.2) is 29.8 Å². The highest BCUT2D eigenvalue weighted by Gasteiger charge is 2.21. The first-order valence-electron chi connectivity index (χ1n) is 5.39. The zero-order valence-electron chi connectivity index (χ0n) is 10.1. The number of rotatable bonds is 5. The Morgan fingerprint density at radius 2 is 2.37 bits per heavy atom. The van der Waals surface area contributed by atoms with E-state index in [2.05, 4.69) is 9.82 Å². The molecule has 2 aromatic heterocycles. The summed E-state index contributed by atoms with van der Waals surface area (Å²) in [5.41, 5.74) is 6.19. The normalized spacial score (nSPS) is 13.6. The second-order valence-corrected chi connectivity index (χ2v) is 6.49. The second kappa shape index (κ2) is 5.29. The van der Waals surface area contributed by atoms with Gasteiger partial charge >= 0.3 is 0 Å². The third-order valence-electron chi connectivity index (χ3n) is 2.51. The van der Waals surface area contributed by atoms with Crippen molar-refractivity contribution in [1.82, 2.24) is 14.5 Å². The Bertz CT molecular complexity index is 648. The van der Waals surface area contributed by atoms with Crippen molar-refractivity contribution in [3.63, 3.8) is 0 Å². The van der Waals surface area contributed by atoms with Gasteiger partial charge in [-0.05, 0) is 22.4 Å². The topological polar surface area (TPSA) is 110 Å². The molecule has 0 spiro atoms. The third kappa shape index (κ3) is 3.13. The summed E-state index contributed by atoms with van der Waals surface area (Å²) in [4.78, 5) is -0.0903. The number of aryl methyl sites for hydroxylation is 1. The van der Waals surface area contributed by atoms with Crippen LogP contribution in [0.1, 0.15) is 11.7 Å². The lowest BCUT2D eigenvalue weighted by atomic mass is 10.2. The molecule has 104 valence electrons. The summed E-state index contributed by atoms with van der Waals surface area (Å²) in [6.07, 6.45) is 0.424. The molecule has 0 aromatic carbocycles. The first kappa shape index (κ1) is 14.0. The van der Waals surface area contributed by atoms with Gasteiger partial charge in [0.25, 0.3) is 0 Å². The molecule has 1 atom stereocenters. The largest absolute Gasteiger partial charge is 0.387 e. The van der Waals surface area contributed by atoms with Gasteiger partial charge in [0.05, 0.1) is 6.10 Å². The van der Waals surface area contributed by atoms with E-state index in [0.29, 0.717) is 5.56 Å². The minimum atomic E-state index is -3.77. The summed E-state index contributed by atoms with van der Waals surface area (Å²) in [5, 5.41) is 17.2. The lowest BCUT2D eigenvalue weighted by Crippen LogP contribution is -2.28. The minimum Gasteiger partial charge on any atom is -0.387 e. The number of aliphatic hydroxyl groups is 1. The predicted molar refractivity (Wildman–Crippen MR) is 72.1 cm³/mol. The average molecular weight is 302 g/mol. The second-order valence-electron chi connectivity index (χ2n) is 3.98. The van der Waals surface area contributed by atoms with E-state index < -0.39 is 16.1 Å². The van der Waals surface area contributed by atoms with Crippen LogP contribution in [-0.2, 0) is 17.1 Å². The van der Waals surface area contributed by atoms with Gasteiger partial charge in [-0.2, -0.15) is 16.4 Å². The molecule has 0 radical (unpaired) electrons. The number of anilines is 1. The molecule has 0 aliphatic heterocycles. The predicted octanol–water partition coefficient (Wildman–Crippen LogP) is 0.0757. The van der Waals surface area contributed by atoms with Gasteiger partial charge in [-0.15, -0.1) is 0 Å². The van der Waals surface area contributed by atoms with Crippen molar-refractivity contribution in [2.75, 3.05) is 12.3 Å². The quantitative estimate of drug-likeness (QED) is 0.724. The van der Waals surface area contributed by atoms with Crippen LogP contribution in [0.15, 0.2) is 27.9 Å². The molecule has 9 heteroatoms. The number of hydrogen-bond donors (Lipinski definition) is 3. The highest BCUT2D eigenvalue weighted by atomic mass is 32.2. The molecule has 0 saturated heterocycles. The summed E-state index contributed by atoms with van der Waals surface area (Å²) in [6.45, 7) is -0.118. The maximum Gasteiger partial charge on any atom is 0.245 e. The molecule has 0 amide bonds. The van der Waals surface area contributed by atoms with Crippen molar-refractivity contribution in [1.29, 1.82) is 0 Å². The molecule has 0 aliphatic carbocycles. The molecular formula is C10H14N4O3S2. The van der Waals surface area contributed by atoms with Gasteiger partial charge in [0, 0.05) is 19.8 Å². The number of nitrogen functional groups attached to an aromatic ring is 1. The number of nitrogens with two attached hydrogens (primary N) is 1. The molecule has 4 N–H and O–H groups in total. The fourth-order valence-electron chi connectivity index (χ4n) is 1.54. The molecule has 2 heterocycles. The van der Waals surface area contributed by atoms with E-state index in [1.807, 2.05) is 5.38 Å². The van der Waals surface area contributed by atoms with Gasteiger partial charge in [-0.1, -0.05) is 0 Å². The van der Waals surface area contributed by atoms with Crippen LogP contribution in [0.3, 0.4) is 0 Å². The maximum absolute atomic E-state index is 12.0. The van der Waals surface area contributed by atoms with Crippen molar-refractivity contribution in [2.24, 2.45) is 7.05 Å². The van der Waals surface area contributed by atoms with E-state index >= 15 is 0 Å². The van der Waals surface area contributed by atoms with Crippen molar-refractivity contribution in [2.45, 2.75) is 11.0 Å². The van der Waals surface area contributed by atoms with Gasteiger partial charge < -0.3 is 10.8 Å². The van der Waals surface area contributed by atoms with Crippen molar-refractivity contribution < 1.29 is 13.5 Å². The van der Waals surface area contributed by atoms with Crippen LogP contribution in [0.4, 0.5) is 5.82 Å². The molecule has 0 saturated carbocycles. The number of nitrogens with zero attached hydrogens (tertiary/aromatic N) is 2. The molecule has 0 bridgehead atoms. The Hall–Kier alpha value is -1.42.